The van der Waals surface area contributed by atoms with E-state index in [9.17, 15) is 0 Å². The summed E-state index contributed by atoms with van der Waals surface area (Å²) in [5.74, 6) is 0.866. The van der Waals surface area contributed by atoms with E-state index < -0.39 is 0 Å². The Hall–Kier alpha value is -1.57. The number of hydrogen-bond acceptors (Lipinski definition) is 4. The van der Waals surface area contributed by atoms with Crippen LogP contribution in [0.4, 0.5) is 0 Å². The predicted octanol–water partition coefficient (Wildman–Crippen LogP) is 1.70. The number of likely N-dealkylation sites (N-methyl/N-ethyl adjacent to an activating group) is 1. The number of ether oxygens (including phenoxy) is 1. The molecule has 0 N–H and O–H groups in total. The van der Waals surface area contributed by atoms with Gasteiger partial charge in [0.1, 0.15) is 5.75 Å². The molecular formula is C15H21N3O. The van der Waals surface area contributed by atoms with Gasteiger partial charge in [-0.1, -0.05) is 0 Å². The highest BCUT2D eigenvalue weighted by Gasteiger charge is 2.22. The Labute approximate surface area is 115 Å². The quantitative estimate of drug-likeness (QED) is 0.828. The zero-order chi connectivity index (χ0) is 13.8. The van der Waals surface area contributed by atoms with Crippen LogP contribution in [0, 0.1) is 11.3 Å². The number of rotatable bonds is 3. The van der Waals surface area contributed by atoms with Crippen LogP contribution in [0.5, 0.6) is 5.75 Å². The number of nitriles is 1. The van der Waals surface area contributed by atoms with Crippen molar-refractivity contribution in [1.82, 2.24) is 9.80 Å². The Bertz CT molecular complexity index is 481. The smallest absolute Gasteiger partial charge is 0.123 e. The average molecular weight is 259 g/mol. The third kappa shape index (κ3) is 3.25. The first-order valence-corrected chi connectivity index (χ1v) is 6.63. The van der Waals surface area contributed by atoms with E-state index in [-0.39, 0.29) is 0 Å². The molecule has 1 saturated heterocycles. The van der Waals surface area contributed by atoms with Crippen molar-refractivity contribution in [2.75, 3.05) is 33.8 Å². The van der Waals surface area contributed by atoms with Crippen LogP contribution in [0.1, 0.15) is 18.1 Å². The van der Waals surface area contributed by atoms with E-state index in [1.54, 1.807) is 13.2 Å². The minimum atomic E-state index is 0.522. The van der Waals surface area contributed by atoms with Crippen LogP contribution in [0.25, 0.3) is 0 Å². The van der Waals surface area contributed by atoms with Crippen molar-refractivity contribution in [2.24, 2.45) is 0 Å². The molecule has 1 aliphatic heterocycles. The number of piperazine rings is 1. The topological polar surface area (TPSA) is 39.5 Å². The summed E-state index contributed by atoms with van der Waals surface area (Å²) < 4.78 is 5.40. The van der Waals surface area contributed by atoms with E-state index in [0.29, 0.717) is 11.6 Å². The molecule has 2 rings (SSSR count). The third-order valence-electron chi connectivity index (χ3n) is 3.75. The van der Waals surface area contributed by atoms with Gasteiger partial charge in [-0.15, -0.1) is 0 Å². The van der Waals surface area contributed by atoms with Crippen LogP contribution in [0.15, 0.2) is 18.2 Å². The van der Waals surface area contributed by atoms with Crippen LogP contribution in [-0.2, 0) is 6.54 Å². The molecule has 0 aromatic heterocycles. The summed E-state index contributed by atoms with van der Waals surface area (Å²) in [4.78, 5) is 4.79. The molecule has 0 radical (unpaired) electrons. The lowest BCUT2D eigenvalue weighted by atomic mass is 10.1. The van der Waals surface area contributed by atoms with Crippen LogP contribution < -0.4 is 4.74 Å². The summed E-state index contributed by atoms with van der Waals surface area (Å²) in [6, 6.07) is 8.33. The summed E-state index contributed by atoms with van der Waals surface area (Å²) in [6.45, 7) is 6.31. The summed E-state index contributed by atoms with van der Waals surface area (Å²) in [6.07, 6.45) is 0. The summed E-state index contributed by atoms with van der Waals surface area (Å²) >= 11 is 0. The van der Waals surface area contributed by atoms with Crippen molar-refractivity contribution in [2.45, 2.75) is 19.5 Å². The van der Waals surface area contributed by atoms with Crippen LogP contribution >= 0.6 is 0 Å². The van der Waals surface area contributed by atoms with Gasteiger partial charge in [0, 0.05) is 37.8 Å². The van der Waals surface area contributed by atoms with Gasteiger partial charge in [-0.25, -0.2) is 0 Å². The summed E-state index contributed by atoms with van der Waals surface area (Å²) in [5.41, 5.74) is 1.79. The molecule has 0 bridgehead atoms. The fourth-order valence-corrected chi connectivity index (χ4v) is 2.60. The van der Waals surface area contributed by atoms with Crippen molar-refractivity contribution in [3.8, 4) is 11.8 Å². The summed E-state index contributed by atoms with van der Waals surface area (Å²) in [5, 5.41) is 9.01. The largest absolute Gasteiger partial charge is 0.496 e. The molecule has 1 unspecified atom stereocenters. The lowest BCUT2D eigenvalue weighted by molar-refractivity contribution is 0.0931. The van der Waals surface area contributed by atoms with E-state index in [2.05, 4.69) is 29.8 Å². The Morgan fingerprint density at radius 1 is 1.42 bits per heavy atom. The highest BCUT2D eigenvalue weighted by atomic mass is 16.5. The Morgan fingerprint density at radius 2 is 2.21 bits per heavy atom. The molecule has 102 valence electrons. The molecule has 1 atom stereocenters. The van der Waals surface area contributed by atoms with Gasteiger partial charge < -0.3 is 9.64 Å². The van der Waals surface area contributed by atoms with Crippen molar-refractivity contribution in [3.05, 3.63) is 29.3 Å². The molecule has 1 aromatic rings. The Balaban J connectivity index is 2.16. The van der Waals surface area contributed by atoms with Crippen molar-refractivity contribution < 1.29 is 4.74 Å². The molecule has 4 heteroatoms. The van der Waals surface area contributed by atoms with Crippen LogP contribution in [0.2, 0.25) is 0 Å². The van der Waals surface area contributed by atoms with Gasteiger partial charge in [-0.2, -0.15) is 5.26 Å². The third-order valence-corrected chi connectivity index (χ3v) is 3.75. The molecule has 0 saturated carbocycles. The number of methoxy groups -OCH3 is 1. The summed E-state index contributed by atoms with van der Waals surface area (Å²) in [7, 11) is 3.84. The van der Waals surface area contributed by atoms with E-state index >= 15 is 0 Å². The van der Waals surface area contributed by atoms with Crippen LogP contribution in [-0.4, -0.2) is 49.6 Å². The van der Waals surface area contributed by atoms with E-state index in [1.165, 1.54) is 0 Å². The normalized spacial score (nSPS) is 21.1. The molecule has 19 heavy (non-hydrogen) atoms. The number of hydrogen-bond donors (Lipinski definition) is 0. The second-order valence-corrected chi connectivity index (χ2v) is 5.22. The molecule has 4 nitrogen and oxygen atoms in total. The molecule has 0 spiro atoms. The molecule has 0 amide bonds. The first-order chi connectivity index (χ1) is 9.13. The highest BCUT2D eigenvalue weighted by Crippen LogP contribution is 2.23. The van der Waals surface area contributed by atoms with E-state index in [4.69, 9.17) is 10.00 Å². The van der Waals surface area contributed by atoms with Crippen molar-refractivity contribution >= 4 is 0 Å². The average Bonchev–Trinajstić information content (AvgIpc) is 2.41. The molecule has 1 heterocycles. The van der Waals surface area contributed by atoms with E-state index in [1.807, 2.05) is 12.1 Å². The van der Waals surface area contributed by atoms with Gasteiger partial charge in [-0.3, -0.25) is 4.90 Å². The van der Waals surface area contributed by atoms with Gasteiger partial charge in [-0.05, 0) is 32.2 Å². The second kappa shape index (κ2) is 6.05. The maximum atomic E-state index is 9.01. The minimum Gasteiger partial charge on any atom is -0.496 e. The minimum absolute atomic E-state index is 0.522. The Morgan fingerprint density at radius 3 is 2.84 bits per heavy atom. The second-order valence-electron chi connectivity index (χ2n) is 5.22. The first-order valence-electron chi connectivity index (χ1n) is 6.63. The molecule has 0 aliphatic carbocycles. The monoisotopic (exact) mass is 259 g/mol. The fourth-order valence-electron chi connectivity index (χ4n) is 2.60. The van der Waals surface area contributed by atoms with Gasteiger partial charge in [0.15, 0.2) is 0 Å². The molecular weight excluding hydrogens is 238 g/mol. The predicted molar refractivity (Wildman–Crippen MR) is 75.1 cm³/mol. The van der Waals surface area contributed by atoms with Gasteiger partial charge in [0.25, 0.3) is 0 Å². The molecule has 1 fully saturated rings. The van der Waals surface area contributed by atoms with Gasteiger partial charge in [0.05, 0.1) is 18.7 Å². The fraction of sp³-hybridized carbons (Fsp3) is 0.533. The highest BCUT2D eigenvalue weighted by molar-refractivity contribution is 5.42. The van der Waals surface area contributed by atoms with Gasteiger partial charge in [0.2, 0.25) is 0 Å². The Kier molecular flexibility index (Phi) is 4.41. The maximum absolute atomic E-state index is 9.01. The standard InChI is InChI=1S/C15H21N3O/c1-12-10-17(2)6-7-18(12)11-14-8-13(9-16)4-5-15(14)19-3/h4-5,8,12H,6-7,10-11H2,1-3H3. The first kappa shape index (κ1) is 13.9. The maximum Gasteiger partial charge on any atom is 0.123 e. The SMILES string of the molecule is COc1ccc(C#N)cc1CN1CCN(C)CC1C. The lowest BCUT2D eigenvalue weighted by Gasteiger charge is -2.38. The lowest BCUT2D eigenvalue weighted by Crippen LogP contribution is -2.49. The van der Waals surface area contributed by atoms with Gasteiger partial charge >= 0.3 is 0 Å². The van der Waals surface area contributed by atoms with Crippen LogP contribution in [0.3, 0.4) is 0 Å². The zero-order valence-corrected chi connectivity index (χ0v) is 11.9. The number of nitrogens with zero attached hydrogens (tertiary/aromatic N) is 3. The molecule has 1 aromatic carbocycles. The van der Waals surface area contributed by atoms with Crippen molar-refractivity contribution in [1.29, 1.82) is 5.26 Å². The molecule has 1 aliphatic rings. The van der Waals surface area contributed by atoms with E-state index in [0.717, 1.165) is 37.5 Å². The zero-order valence-electron chi connectivity index (χ0n) is 11.9. The van der Waals surface area contributed by atoms with Crippen molar-refractivity contribution in [3.63, 3.8) is 0 Å². The number of benzene rings is 1.